The number of rotatable bonds is 4. The van der Waals surface area contributed by atoms with E-state index in [0.29, 0.717) is 22.8 Å². The summed E-state index contributed by atoms with van der Waals surface area (Å²) in [6, 6.07) is 16.7. The maximum atomic E-state index is 13.2. The molecule has 3 aromatic rings. The van der Waals surface area contributed by atoms with E-state index in [1.807, 2.05) is 17.0 Å². The number of benzene rings is 2. The minimum atomic E-state index is -0.594. The highest BCUT2D eigenvalue weighted by Crippen LogP contribution is 2.39. The molecular weight excluding hydrogens is 373 g/mol. The molecule has 2 heterocycles. The minimum Gasteiger partial charge on any atom is -0.457 e. The van der Waals surface area contributed by atoms with Crippen LogP contribution in [0.15, 0.2) is 65.1 Å². The minimum absolute atomic E-state index is 0.0579. The van der Waals surface area contributed by atoms with E-state index in [0.717, 1.165) is 5.56 Å². The molecular formula is C22H20FN3O3. The van der Waals surface area contributed by atoms with Crippen LogP contribution < -0.4 is 10.2 Å². The van der Waals surface area contributed by atoms with Crippen LogP contribution >= 0.6 is 0 Å². The first kappa shape index (κ1) is 18.7. The van der Waals surface area contributed by atoms with Crippen LogP contribution in [-0.4, -0.2) is 37.4 Å². The average Bonchev–Trinajstić information content (AvgIpc) is 3.22. The van der Waals surface area contributed by atoms with E-state index < -0.39 is 6.17 Å². The van der Waals surface area contributed by atoms with Gasteiger partial charge in [0.25, 0.3) is 5.91 Å². The van der Waals surface area contributed by atoms with Crippen LogP contribution in [0.25, 0.3) is 11.3 Å². The summed E-state index contributed by atoms with van der Waals surface area (Å²) < 4.78 is 19.3. The molecule has 1 aliphatic rings. The molecule has 0 bridgehead atoms. The molecule has 0 fully saturated rings. The molecule has 0 unspecified atom stereocenters. The maximum Gasteiger partial charge on any atom is 0.257 e. The van der Waals surface area contributed by atoms with Gasteiger partial charge >= 0.3 is 0 Å². The SMILES string of the molecule is CNC(=O)CN1c2ccccc2C(=O)N(C)[C@H]1c1ccc(-c2ccc(F)cc2)o1. The lowest BCUT2D eigenvalue weighted by atomic mass is 10.0. The molecule has 1 aromatic heterocycles. The third-order valence-corrected chi connectivity index (χ3v) is 5.03. The van der Waals surface area contributed by atoms with Crippen molar-refractivity contribution in [1.82, 2.24) is 10.2 Å². The second kappa shape index (κ2) is 7.43. The number of fused-ring (bicyclic) bond motifs is 1. The number of furan rings is 1. The molecule has 2 amide bonds. The van der Waals surface area contributed by atoms with Crippen molar-refractivity contribution in [3.8, 4) is 11.3 Å². The molecule has 7 heteroatoms. The van der Waals surface area contributed by atoms with Crippen molar-refractivity contribution < 1.29 is 18.4 Å². The van der Waals surface area contributed by atoms with Gasteiger partial charge < -0.3 is 19.5 Å². The largest absolute Gasteiger partial charge is 0.457 e. The molecule has 29 heavy (non-hydrogen) atoms. The second-order valence-electron chi connectivity index (χ2n) is 6.82. The first-order valence-corrected chi connectivity index (χ1v) is 9.18. The van der Waals surface area contributed by atoms with Crippen LogP contribution in [0.2, 0.25) is 0 Å². The molecule has 1 atom stereocenters. The van der Waals surface area contributed by atoms with Gasteiger partial charge in [-0.1, -0.05) is 12.1 Å². The van der Waals surface area contributed by atoms with Gasteiger partial charge in [0.1, 0.15) is 17.3 Å². The highest BCUT2D eigenvalue weighted by molar-refractivity contribution is 6.02. The van der Waals surface area contributed by atoms with Crippen molar-refractivity contribution in [1.29, 1.82) is 0 Å². The quantitative estimate of drug-likeness (QED) is 0.738. The van der Waals surface area contributed by atoms with Crippen molar-refractivity contribution in [3.63, 3.8) is 0 Å². The molecule has 1 N–H and O–H groups in total. The second-order valence-corrected chi connectivity index (χ2v) is 6.82. The van der Waals surface area contributed by atoms with Gasteiger partial charge in [0.05, 0.1) is 17.8 Å². The van der Waals surface area contributed by atoms with Crippen molar-refractivity contribution in [3.05, 3.63) is 77.8 Å². The van der Waals surface area contributed by atoms with Crippen LogP contribution in [0.3, 0.4) is 0 Å². The molecule has 148 valence electrons. The van der Waals surface area contributed by atoms with Crippen LogP contribution in [-0.2, 0) is 4.79 Å². The fraction of sp³-hybridized carbons (Fsp3) is 0.182. The van der Waals surface area contributed by atoms with Crippen molar-refractivity contribution in [2.75, 3.05) is 25.5 Å². The Kier molecular flexibility index (Phi) is 4.80. The number of hydrogen-bond donors (Lipinski definition) is 1. The van der Waals surface area contributed by atoms with E-state index in [2.05, 4.69) is 5.32 Å². The highest BCUT2D eigenvalue weighted by Gasteiger charge is 2.38. The zero-order valence-corrected chi connectivity index (χ0v) is 16.1. The predicted octanol–water partition coefficient (Wildman–Crippen LogP) is 3.42. The number of likely N-dealkylation sites (N-methyl/N-ethyl adjacent to an activating group) is 1. The number of nitrogens with zero attached hydrogens (tertiary/aromatic N) is 2. The molecule has 2 aromatic carbocycles. The van der Waals surface area contributed by atoms with Gasteiger partial charge in [-0.05, 0) is 48.5 Å². The van der Waals surface area contributed by atoms with Gasteiger partial charge in [0.2, 0.25) is 5.91 Å². The molecule has 1 aliphatic heterocycles. The van der Waals surface area contributed by atoms with Gasteiger partial charge in [-0.25, -0.2) is 4.39 Å². The summed E-state index contributed by atoms with van der Waals surface area (Å²) in [6.45, 7) is 0.0579. The van der Waals surface area contributed by atoms with Gasteiger partial charge in [0.15, 0.2) is 6.17 Å². The van der Waals surface area contributed by atoms with E-state index in [4.69, 9.17) is 4.42 Å². The number of hydrogen-bond acceptors (Lipinski definition) is 4. The molecule has 6 nitrogen and oxygen atoms in total. The van der Waals surface area contributed by atoms with Crippen molar-refractivity contribution in [2.45, 2.75) is 6.17 Å². The Bertz CT molecular complexity index is 1060. The Morgan fingerprint density at radius 2 is 1.83 bits per heavy atom. The molecule has 0 radical (unpaired) electrons. The summed E-state index contributed by atoms with van der Waals surface area (Å²) in [5.41, 5.74) is 1.92. The molecule has 0 spiro atoms. The van der Waals surface area contributed by atoms with Crippen LogP contribution in [0, 0.1) is 5.82 Å². The first-order valence-electron chi connectivity index (χ1n) is 9.18. The Labute approximate surface area is 167 Å². The zero-order valence-electron chi connectivity index (χ0n) is 16.1. The first-order chi connectivity index (χ1) is 14.0. The van der Waals surface area contributed by atoms with Crippen molar-refractivity contribution >= 4 is 17.5 Å². The zero-order chi connectivity index (χ0) is 20.5. The molecule has 4 rings (SSSR count). The van der Waals surface area contributed by atoms with Gasteiger partial charge in [0, 0.05) is 19.7 Å². The average molecular weight is 393 g/mol. The topological polar surface area (TPSA) is 65.8 Å². The standard InChI is InChI=1S/C22H20FN3O3/c1-24-20(27)13-26-17-6-4-3-5-16(17)22(28)25(2)21(26)19-12-11-18(29-19)14-7-9-15(23)10-8-14/h3-12,21H,13H2,1-2H3,(H,24,27)/t21-/m1/s1. The van der Waals surface area contributed by atoms with Crippen molar-refractivity contribution in [2.24, 2.45) is 0 Å². The molecule has 0 saturated heterocycles. The van der Waals surface area contributed by atoms with Gasteiger partial charge in [-0.3, -0.25) is 9.59 Å². The summed E-state index contributed by atoms with van der Waals surface area (Å²) >= 11 is 0. The third-order valence-electron chi connectivity index (χ3n) is 5.03. The summed E-state index contributed by atoms with van der Waals surface area (Å²) in [5, 5.41) is 2.63. The van der Waals surface area contributed by atoms with Crippen LogP contribution in [0.4, 0.5) is 10.1 Å². The van der Waals surface area contributed by atoms with Gasteiger partial charge in [-0.15, -0.1) is 0 Å². The van der Waals surface area contributed by atoms with E-state index >= 15 is 0 Å². The van der Waals surface area contributed by atoms with E-state index in [1.165, 1.54) is 12.1 Å². The van der Waals surface area contributed by atoms with Gasteiger partial charge in [-0.2, -0.15) is 0 Å². The number of nitrogens with one attached hydrogen (secondary N) is 1. The third kappa shape index (κ3) is 3.35. The number of carbonyl (C=O) groups excluding carboxylic acids is 2. The van der Waals surface area contributed by atoms with E-state index in [9.17, 15) is 14.0 Å². The molecule has 0 aliphatic carbocycles. The number of amides is 2. The predicted molar refractivity (Wildman–Crippen MR) is 107 cm³/mol. The lowest BCUT2D eigenvalue weighted by Crippen LogP contribution is -2.50. The fourth-order valence-corrected chi connectivity index (χ4v) is 3.56. The number of carbonyl (C=O) groups is 2. The number of anilines is 1. The summed E-state index contributed by atoms with van der Waals surface area (Å²) in [5.74, 6) is 0.404. The fourth-order valence-electron chi connectivity index (χ4n) is 3.56. The lowest BCUT2D eigenvalue weighted by Gasteiger charge is -2.42. The Morgan fingerprint density at radius 3 is 2.55 bits per heavy atom. The maximum absolute atomic E-state index is 13.2. The Morgan fingerprint density at radius 1 is 1.10 bits per heavy atom. The van der Waals surface area contributed by atoms with E-state index in [1.54, 1.807) is 55.4 Å². The summed E-state index contributed by atoms with van der Waals surface area (Å²) in [4.78, 5) is 28.5. The molecule has 0 saturated carbocycles. The monoisotopic (exact) mass is 393 g/mol. The van der Waals surface area contributed by atoms with Crippen LogP contribution in [0.5, 0.6) is 0 Å². The smallest absolute Gasteiger partial charge is 0.257 e. The highest BCUT2D eigenvalue weighted by atomic mass is 19.1. The van der Waals surface area contributed by atoms with Crippen LogP contribution in [0.1, 0.15) is 22.3 Å². The Hall–Kier alpha value is -3.61. The van der Waals surface area contributed by atoms with E-state index in [-0.39, 0.29) is 24.2 Å². The lowest BCUT2D eigenvalue weighted by molar-refractivity contribution is -0.119. The number of para-hydroxylation sites is 1. The summed E-state index contributed by atoms with van der Waals surface area (Å²) in [7, 11) is 3.25. The Balaban J connectivity index is 1.77. The summed E-state index contributed by atoms with van der Waals surface area (Å²) in [6.07, 6.45) is -0.594. The number of halogens is 1. The normalized spacial score (nSPS) is 16.0.